The molecule has 10 heteroatoms. The number of nitrogens with two attached hydrogens (primary N) is 2. The van der Waals surface area contributed by atoms with Crippen LogP contribution >= 0.6 is 0 Å². The van der Waals surface area contributed by atoms with Crippen LogP contribution in [0.5, 0.6) is 0 Å². The molecule has 5 rings (SSSR count). The molecule has 1 saturated heterocycles. The van der Waals surface area contributed by atoms with E-state index in [-0.39, 0.29) is 29.3 Å². The zero-order valence-corrected chi connectivity index (χ0v) is 20.6. The molecule has 1 aliphatic carbocycles. The molecular weight excluding hydrogens is 473 g/mol. The highest BCUT2D eigenvalue weighted by Crippen LogP contribution is 2.30. The number of halogens is 1. The van der Waals surface area contributed by atoms with E-state index in [0.717, 1.165) is 61.7 Å². The van der Waals surface area contributed by atoms with E-state index in [1.54, 1.807) is 12.4 Å². The van der Waals surface area contributed by atoms with Gasteiger partial charge < -0.3 is 31.7 Å². The molecule has 37 heavy (non-hydrogen) atoms. The Bertz CT molecular complexity index is 1270. The maximum absolute atomic E-state index is 14.9. The second kappa shape index (κ2) is 11.1. The summed E-state index contributed by atoms with van der Waals surface area (Å²) in [6, 6.07) is 11.1. The number of aromatic nitrogens is 2. The van der Waals surface area contributed by atoms with Gasteiger partial charge in [-0.05, 0) is 42.7 Å². The van der Waals surface area contributed by atoms with Crippen molar-refractivity contribution in [2.75, 3.05) is 41.8 Å². The molecule has 3 heterocycles. The van der Waals surface area contributed by atoms with Gasteiger partial charge in [0.05, 0.1) is 30.7 Å². The van der Waals surface area contributed by atoms with E-state index in [2.05, 4.69) is 37.6 Å². The SMILES string of the molecule is NC(=O)c1cc(F)c(NC2CCCCC2N)nc1Nc1cncc(-c2cccc(N3CCOCC3)c2)c1. The molecule has 2 atom stereocenters. The third-order valence-electron chi connectivity index (χ3n) is 6.94. The van der Waals surface area contributed by atoms with Crippen molar-refractivity contribution in [3.8, 4) is 11.1 Å². The highest BCUT2D eigenvalue weighted by molar-refractivity contribution is 5.98. The van der Waals surface area contributed by atoms with Gasteiger partial charge in [-0.15, -0.1) is 0 Å². The summed E-state index contributed by atoms with van der Waals surface area (Å²) in [6.45, 7) is 3.11. The minimum absolute atomic E-state index is 0.0391. The van der Waals surface area contributed by atoms with Crippen LogP contribution in [0.15, 0.2) is 48.8 Å². The molecule has 0 radical (unpaired) electrons. The fourth-order valence-electron chi connectivity index (χ4n) is 4.89. The third-order valence-corrected chi connectivity index (χ3v) is 6.94. The van der Waals surface area contributed by atoms with Crippen LogP contribution in [0.1, 0.15) is 36.0 Å². The Kier molecular flexibility index (Phi) is 7.47. The second-order valence-electron chi connectivity index (χ2n) is 9.52. The fraction of sp³-hybridized carbons (Fsp3) is 0.370. The molecule has 1 aromatic carbocycles. The monoisotopic (exact) mass is 505 g/mol. The second-order valence-corrected chi connectivity index (χ2v) is 9.52. The van der Waals surface area contributed by atoms with E-state index < -0.39 is 11.7 Å². The predicted molar refractivity (Wildman–Crippen MR) is 143 cm³/mol. The number of primary amides is 1. The molecule has 0 bridgehead atoms. The number of pyridine rings is 2. The van der Waals surface area contributed by atoms with Crippen molar-refractivity contribution < 1.29 is 13.9 Å². The van der Waals surface area contributed by atoms with Crippen LogP contribution in [-0.4, -0.2) is 54.3 Å². The number of rotatable bonds is 7. The zero-order valence-electron chi connectivity index (χ0n) is 20.6. The first kappa shape index (κ1) is 24.9. The topological polar surface area (TPSA) is 131 Å². The van der Waals surface area contributed by atoms with Crippen LogP contribution in [0.3, 0.4) is 0 Å². The predicted octanol–water partition coefficient (Wildman–Crippen LogP) is 3.64. The van der Waals surface area contributed by atoms with Crippen LogP contribution in [-0.2, 0) is 4.74 Å². The van der Waals surface area contributed by atoms with Gasteiger partial charge in [0, 0.05) is 42.6 Å². The third kappa shape index (κ3) is 5.81. The average molecular weight is 506 g/mol. The number of benzene rings is 1. The first-order valence-corrected chi connectivity index (χ1v) is 12.7. The van der Waals surface area contributed by atoms with Crippen molar-refractivity contribution in [1.29, 1.82) is 0 Å². The molecule has 2 fully saturated rings. The summed E-state index contributed by atoms with van der Waals surface area (Å²) < 4.78 is 20.3. The lowest BCUT2D eigenvalue weighted by atomic mass is 9.91. The Balaban J connectivity index is 1.41. The Morgan fingerprint density at radius 1 is 1.05 bits per heavy atom. The highest BCUT2D eigenvalue weighted by Gasteiger charge is 2.24. The summed E-state index contributed by atoms with van der Waals surface area (Å²) in [5.41, 5.74) is 15.3. The summed E-state index contributed by atoms with van der Waals surface area (Å²) in [5, 5.41) is 6.25. The Morgan fingerprint density at radius 2 is 1.86 bits per heavy atom. The van der Waals surface area contributed by atoms with Crippen molar-refractivity contribution in [2.24, 2.45) is 11.5 Å². The van der Waals surface area contributed by atoms with Gasteiger partial charge in [0.25, 0.3) is 5.91 Å². The summed E-state index contributed by atoms with van der Waals surface area (Å²) in [5.74, 6) is -1.24. The molecule has 6 N–H and O–H groups in total. The van der Waals surface area contributed by atoms with Crippen molar-refractivity contribution >= 4 is 28.9 Å². The number of hydrogen-bond acceptors (Lipinski definition) is 8. The van der Waals surface area contributed by atoms with Gasteiger partial charge >= 0.3 is 0 Å². The van der Waals surface area contributed by atoms with Crippen molar-refractivity contribution in [1.82, 2.24) is 9.97 Å². The number of morpholine rings is 1. The Labute approximate surface area is 215 Å². The minimum Gasteiger partial charge on any atom is -0.378 e. The van der Waals surface area contributed by atoms with Crippen molar-refractivity contribution in [2.45, 2.75) is 37.8 Å². The Morgan fingerprint density at radius 3 is 2.65 bits per heavy atom. The molecular formula is C27H32FN7O2. The van der Waals surface area contributed by atoms with E-state index >= 15 is 0 Å². The molecule has 2 unspecified atom stereocenters. The van der Waals surface area contributed by atoms with Gasteiger partial charge in [-0.3, -0.25) is 9.78 Å². The molecule has 0 spiro atoms. The van der Waals surface area contributed by atoms with E-state index in [1.807, 2.05) is 18.2 Å². The summed E-state index contributed by atoms with van der Waals surface area (Å²) in [7, 11) is 0. The maximum atomic E-state index is 14.9. The maximum Gasteiger partial charge on any atom is 0.252 e. The van der Waals surface area contributed by atoms with E-state index in [9.17, 15) is 9.18 Å². The van der Waals surface area contributed by atoms with Crippen molar-refractivity contribution in [3.63, 3.8) is 0 Å². The highest BCUT2D eigenvalue weighted by atomic mass is 19.1. The van der Waals surface area contributed by atoms with Gasteiger partial charge in [-0.25, -0.2) is 9.37 Å². The molecule has 2 aromatic heterocycles. The zero-order chi connectivity index (χ0) is 25.8. The summed E-state index contributed by atoms with van der Waals surface area (Å²) in [6.07, 6.45) is 7.17. The van der Waals surface area contributed by atoms with Crippen LogP contribution in [0.25, 0.3) is 11.1 Å². The summed E-state index contributed by atoms with van der Waals surface area (Å²) in [4.78, 5) is 23.2. The Hall–Kier alpha value is -3.76. The molecule has 1 saturated carbocycles. The molecule has 194 valence electrons. The standard InChI is InChI=1S/C27H32FN7O2/c28-22-14-21(25(30)36)26(34-27(22)33-24-7-2-1-6-23(24)29)32-19-12-18(15-31-16-19)17-4-3-5-20(13-17)35-8-10-37-11-9-35/h3-5,12-16,23-24H,1-2,6-11,29H2,(H2,30,36)(H2,32,33,34). The number of nitrogens with zero attached hydrogens (tertiary/aromatic N) is 3. The number of amides is 1. The van der Waals surface area contributed by atoms with Crippen LogP contribution in [0, 0.1) is 5.82 Å². The normalized spacial score (nSPS) is 19.9. The van der Waals surface area contributed by atoms with E-state index in [1.165, 1.54) is 0 Å². The van der Waals surface area contributed by atoms with Gasteiger partial charge in [0.1, 0.15) is 5.82 Å². The smallest absolute Gasteiger partial charge is 0.252 e. The van der Waals surface area contributed by atoms with E-state index in [4.69, 9.17) is 16.2 Å². The number of carbonyl (C=O) groups excluding carboxylic acids is 1. The molecule has 1 amide bonds. The number of ether oxygens (including phenoxy) is 1. The molecule has 2 aliphatic rings. The van der Waals surface area contributed by atoms with Gasteiger partial charge in [0.15, 0.2) is 11.6 Å². The van der Waals surface area contributed by atoms with Crippen LogP contribution in [0.2, 0.25) is 0 Å². The number of carbonyl (C=O) groups is 1. The number of nitrogens with one attached hydrogen (secondary N) is 2. The van der Waals surface area contributed by atoms with Gasteiger partial charge in [-0.1, -0.05) is 25.0 Å². The lowest BCUT2D eigenvalue weighted by molar-refractivity contribution is 0.100. The van der Waals surface area contributed by atoms with Crippen LogP contribution in [0.4, 0.5) is 27.4 Å². The number of anilines is 4. The van der Waals surface area contributed by atoms with Gasteiger partial charge in [0.2, 0.25) is 0 Å². The van der Waals surface area contributed by atoms with E-state index in [0.29, 0.717) is 18.9 Å². The number of hydrogen-bond donors (Lipinski definition) is 4. The van der Waals surface area contributed by atoms with Crippen molar-refractivity contribution in [3.05, 3.63) is 60.2 Å². The summed E-state index contributed by atoms with van der Waals surface area (Å²) >= 11 is 0. The molecule has 3 aromatic rings. The first-order valence-electron chi connectivity index (χ1n) is 12.7. The lowest BCUT2D eigenvalue weighted by Gasteiger charge is -2.30. The largest absolute Gasteiger partial charge is 0.378 e. The average Bonchev–Trinajstić information content (AvgIpc) is 2.92. The molecule has 1 aliphatic heterocycles. The van der Waals surface area contributed by atoms with Crippen LogP contribution < -0.4 is 27.0 Å². The first-order chi connectivity index (χ1) is 18.0. The lowest BCUT2D eigenvalue weighted by Crippen LogP contribution is -2.43. The van der Waals surface area contributed by atoms with Gasteiger partial charge in [-0.2, -0.15) is 0 Å². The minimum atomic E-state index is -0.780. The fourth-order valence-corrected chi connectivity index (χ4v) is 4.89. The molecule has 9 nitrogen and oxygen atoms in total. The quantitative estimate of drug-likeness (QED) is 0.383.